The van der Waals surface area contributed by atoms with Crippen molar-refractivity contribution < 1.29 is 4.74 Å². The van der Waals surface area contributed by atoms with Crippen LogP contribution >= 0.6 is 0 Å². The molecule has 2 rings (SSSR count). The fraction of sp³-hybridized carbons (Fsp3) is 0.273. The van der Waals surface area contributed by atoms with E-state index in [-0.39, 0.29) is 0 Å². The number of rotatable bonds is 3. The van der Waals surface area contributed by atoms with Crippen LogP contribution in [0.4, 0.5) is 5.69 Å². The second-order valence-corrected chi connectivity index (χ2v) is 3.63. The van der Waals surface area contributed by atoms with Crippen molar-refractivity contribution in [2.24, 2.45) is 7.05 Å². The van der Waals surface area contributed by atoms with Gasteiger partial charge in [-0.1, -0.05) is 0 Å². The second kappa shape index (κ2) is 4.22. The Kier molecular flexibility index (Phi) is 2.76. The second-order valence-electron chi connectivity index (χ2n) is 3.63. The molecular formula is C11H14N4O. The van der Waals surface area contributed by atoms with Crippen LogP contribution < -0.4 is 10.5 Å². The Morgan fingerprint density at radius 3 is 2.81 bits per heavy atom. The standard InChI is InChI=1S/C11H14N4O/c1-8-9(6-15(2)14-8)7-16-11-4-3-10(12)5-13-11/h3-6H,7,12H2,1-2H3. The van der Waals surface area contributed by atoms with Crippen LogP contribution in [-0.2, 0) is 13.7 Å². The van der Waals surface area contributed by atoms with Gasteiger partial charge in [-0.15, -0.1) is 0 Å². The topological polar surface area (TPSA) is 66.0 Å². The average molecular weight is 218 g/mol. The first kappa shape index (κ1) is 10.5. The molecule has 0 spiro atoms. The molecule has 0 aliphatic carbocycles. The molecule has 0 aliphatic heterocycles. The molecule has 0 aromatic carbocycles. The smallest absolute Gasteiger partial charge is 0.213 e. The predicted octanol–water partition coefficient (Wildman–Crippen LogP) is 1.28. The SMILES string of the molecule is Cc1nn(C)cc1COc1ccc(N)cn1. The lowest BCUT2D eigenvalue weighted by atomic mass is 10.3. The summed E-state index contributed by atoms with van der Waals surface area (Å²) in [6.07, 6.45) is 3.51. The number of aromatic nitrogens is 3. The number of nitrogens with two attached hydrogens (primary N) is 1. The van der Waals surface area contributed by atoms with E-state index < -0.39 is 0 Å². The van der Waals surface area contributed by atoms with E-state index in [1.807, 2.05) is 20.2 Å². The summed E-state index contributed by atoms with van der Waals surface area (Å²) in [6.45, 7) is 2.42. The molecule has 84 valence electrons. The first-order chi connectivity index (χ1) is 7.65. The van der Waals surface area contributed by atoms with Crippen molar-refractivity contribution in [2.45, 2.75) is 13.5 Å². The summed E-state index contributed by atoms with van der Waals surface area (Å²) in [5, 5.41) is 4.23. The van der Waals surface area contributed by atoms with Gasteiger partial charge in [-0.3, -0.25) is 4.68 Å². The highest BCUT2D eigenvalue weighted by Crippen LogP contribution is 2.12. The highest BCUT2D eigenvalue weighted by molar-refractivity contribution is 5.36. The molecule has 0 amide bonds. The van der Waals surface area contributed by atoms with Gasteiger partial charge in [0.2, 0.25) is 5.88 Å². The van der Waals surface area contributed by atoms with Gasteiger partial charge in [-0.25, -0.2) is 4.98 Å². The molecule has 2 aromatic heterocycles. The van der Waals surface area contributed by atoms with Crippen molar-refractivity contribution >= 4 is 5.69 Å². The zero-order valence-electron chi connectivity index (χ0n) is 9.34. The van der Waals surface area contributed by atoms with Gasteiger partial charge in [-0.2, -0.15) is 5.10 Å². The number of nitrogen functional groups attached to an aromatic ring is 1. The van der Waals surface area contributed by atoms with E-state index in [1.54, 1.807) is 23.0 Å². The Morgan fingerprint density at radius 2 is 2.25 bits per heavy atom. The molecular weight excluding hydrogens is 204 g/mol. The molecule has 0 saturated carbocycles. The zero-order chi connectivity index (χ0) is 11.5. The maximum Gasteiger partial charge on any atom is 0.213 e. The third-order valence-electron chi connectivity index (χ3n) is 2.25. The van der Waals surface area contributed by atoms with Gasteiger partial charge in [-0.05, 0) is 13.0 Å². The highest BCUT2D eigenvalue weighted by atomic mass is 16.5. The molecule has 5 heteroatoms. The fourth-order valence-corrected chi connectivity index (χ4v) is 1.42. The lowest BCUT2D eigenvalue weighted by Crippen LogP contribution is -1.98. The first-order valence-electron chi connectivity index (χ1n) is 4.98. The van der Waals surface area contributed by atoms with Crippen LogP contribution in [0.2, 0.25) is 0 Å². The number of pyridine rings is 1. The monoisotopic (exact) mass is 218 g/mol. The van der Waals surface area contributed by atoms with Crippen molar-refractivity contribution in [2.75, 3.05) is 5.73 Å². The molecule has 0 bridgehead atoms. The first-order valence-corrected chi connectivity index (χ1v) is 4.98. The van der Waals surface area contributed by atoms with Crippen molar-refractivity contribution in [1.29, 1.82) is 0 Å². The Hall–Kier alpha value is -2.04. The fourth-order valence-electron chi connectivity index (χ4n) is 1.42. The summed E-state index contributed by atoms with van der Waals surface area (Å²) >= 11 is 0. The Morgan fingerprint density at radius 1 is 1.44 bits per heavy atom. The quantitative estimate of drug-likeness (QED) is 0.842. The van der Waals surface area contributed by atoms with E-state index in [1.165, 1.54) is 0 Å². The minimum absolute atomic E-state index is 0.469. The Bertz CT molecular complexity index is 475. The van der Waals surface area contributed by atoms with E-state index in [4.69, 9.17) is 10.5 Å². The molecule has 16 heavy (non-hydrogen) atoms. The summed E-state index contributed by atoms with van der Waals surface area (Å²) in [7, 11) is 1.89. The molecule has 5 nitrogen and oxygen atoms in total. The number of nitrogens with zero attached hydrogens (tertiary/aromatic N) is 3. The van der Waals surface area contributed by atoms with E-state index in [0.29, 0.717) is 18.2 Å². The van der Waals surface area contributed by atoms with E-state index >= 15 is 0 Å². The number of anilines is 1. The summed E-state index contributed by atoms with van der Waals surface area (Å²) in [6, 6.07) is 3.51. The predicted molar refractivity (Wildman–Crippen MR) is 60.9 cm³/mol. The van der Waals surface area contributed by atoms with Crippen LogP contribution in [0.25, 0.3) is 0 Å². The molecule has 0 radical (unpaired) electrons. The van der Waals surface area contributed by atoms with Crippen LogP contribution in [0.5, 0.6) is 5.88 Å². The third-order valence-corrected chi connectivity index (χ3v) is 2.25. The van der Waals surface area contributed by atoms with Crippen molar-refractivity contribution in [3.05, 3.63) is 35.8 Å². The molecule has 0 unspecified atom stereocenters. The molecule has 0 saturated heterocycles. The zero-order valence-corrected chi connectivity index (χ0v) is 9.34. The lowest BCUT2D eigenvalue weighted by Gasteiger charge is -2.03. The molecule has 2 heterocycles. The summed E-state index contributed by atoms with van der Waals surface area (Å²) in [4.78, 5) is 4.06. The van der Waals surface area contributed by atoms with Gasteiger partial charge < -0.3 is 10.5 Å². The van der Waals surface area contributed by atoms with Gasteiger partial charge >= 0.3 is 0 Å². The van der Waals surface area contributed by atoms with Crippen LogP contribution in [0.1, 0.15) is 11.3 Å². The number of hydrogen-bond donors (Lipinski definition) is 1. The molecule has 2 aromatic rings. The van der Waals surface area contributed by atoms with Crippen LogP contribution in [0.3, 0.4) is 0 Å². The minimum atomic E-state index is 0.469. The molecule has 0 aliphatic rings. The molecule has 2 N–H and O–H groups in total. The maximum atomic E-state index is 5.53. The van der Waals surface area contributed by atoms with E-state index in [0.717, 1.165) is 11.3 Å². The van der Waals surface area contributed by atoms with Gasteiger partial charge in [0.1, 0.15) is 6.61 Å². The number of aryl methyl sites for hydroxylation is 2. The van der Waals surface area contributed by atoms with Gasteiger partial charge in [0.15, 0.2) is 0 Å². The van der Waals surface area contributed by atoms with Crippen molar-refractivity contribution in [3.8, 4) is 5.88 Å². The summed E-state index contributed by atoms with van der Waals surface area (Å²) in [5.41, 5.74) is 8.19. The third kappa shape index (κ3) is 2.31. The molecule has 0 fully saturated rings. The Balaban J connectivity index is 2.02. The summed E-state index contributed by atoms with van der Waals surface area (Å²) < 4.78 is 7.29. The van der Waals surface area contributed by atoms with Crippen LogP contribution in [0, 0.1) is 6.92 Å². The highest BCUT2D eigenvalue weighted by Gasteiger charge is 2.04. The largest absolute Gasteiger partial charge is 0.473 e. The van der Waals surface area contributed by atoms with Crippen LogP contribution in [-0.4, -0.2) is 14.8 Å². The van der Waals surface area contributed by atoms with E-state index in [9.17, 15) is 0 Å². The number of hydrogen-bond acceptors (Lipinski definition) is 4. The minimum Gasteiger partial charge on any atom is -0.473 e. The lowest BCUT2D eigenvalue weighted by molar-refractivity contribution is 0.293. The maximum absolute atomic E-state index is 5.53. The Labute approximate surface area is 93.9 Å². The van der Waals surface area contributed by atoms with E-state index in [2.05, 4.69) is 10.1 Å². The number of ether oxygens (including phenoxy) is 1. The van der Waals surface area contributed by atoms with Crippen molar-refractivity contribution in [3.63, 3.8) is 0 Å². The van der Waals surface area contributed by atoms with Gasteiger partial charge in [0, 0.05) is 24.9 Å². The molecule has 0 atom stereocenters. The van der Waals surface area contributed by atoms with Gasteiger partial charge in [0.05, 0.1) is 17.6 Å². The summed E-state index contributed by atoms with van der Waals surface area (Å²) in [5.74, 6) is 0.567. The van der Waals surface area contributed by atoms with Crippen molar-refractivity contribution in [1.82, 2.24) is 14.8 Å². The van der Waals surface area contributed by atoms with Gasteiger partial charge in [0.25, 0.3) is 0 Å². The van der Waals surface area contributed by atoms with Crippen LogP contribution in [0.15, 0.2) is 24.5 Å². The average Bonchev–Trinajstić information content (AvgIpc) is 2.57. The normalized spacial score (nSPS) is 10.4.